The highest BCUT2D eigenvalue weighted by molar-refractivity contribution is 9.09. The quantitative estimate of drug-likeness (QED) is 0.111. The number of halogens is 1. The molecule has 3 aliphatic rings. The number of thioether (sulfide) groups is 1. The van der Waals surface area contributed by atoms with Gasteiger partial charge in [-0.25, -0.2) is 0 Å². The van der Waals surface area contributed by atoms with Crippen molar-refractivity contribution in [1.82, 2.24) is 9.80 Å². The number of esters is 1. The molecule has 0 saturated carbocycles. The van der Waals surface area contributed by atoms with Gasteiger partial charge in [0.15, 0.2) is 0 Å². The Morgan fingerprint density at radius 3 is 2.66 bits per heavy atom. The van der Waals surface area contributed by atoms with Gasteiger partial charge in [-0.15, -0.1) is 24.9 Å². The first-order chi connectivity index (χ1) is 18.3. The fourth-order valence-electron chi connectivity index (χ4n) is 6.52. The van der Waals surface area contributed by atoms with Crippen molar-refractivity contribution in [2.75, 3.05) is 26.3 Å². The predicted molar refractivity (Wildman–Crippen MR) is 156 cm³/mol. The number of ether oxygens (including phenoxy) is 1. The number of allylic oxidation sites excluding steroid dienone is 1. The summed E-state index contributed by atoms with van der Waals surface area (Å²) in [4.78, 5) is 45.6. The number of carbonyl (C=O) groups is 3. The molecule has 4 unspecified atom stereocenters. The maximum Gasteiger partial charge on any atom is 0.310 e. The van der Waals surface area contributed by atoms with E-state index in [1.54, 1.807) is 28.8 Å². The van der Waals surface area contributed by atoms with Crippen LogP contribution < -0.4 is 0 Å². The molecule has 0 aromatic rings. The van der Waals surface area contributed by atoms with Gasteiger partial charge in [0.2, 0.25) is 11.8 Å². The van der Waals surface area contributed by atoms with Crippen LogP contribution in [0.3, 0.4) is 0 Å². The van der Waals surface area contributed by atoms with Crippen molar-refractivity contribution in [1.29, 1.82) is 0 Å². The molecule has 1 spiro atoms. The lowest BCUT2D eigenvalue weighted by Crippen LogP contribution is -2.57. The molecule has 7 nitrogen and oxygen atoms in total. The average molecular weight is 614 g/mol. The number of aliphatic hydroxyl groups is 1. The summed E-state index contributed by atoms with van der Waals surface area (Å²) < 4.78 is 5.01. The van der Waals surface area contributed by atoms with E-state index in [1.807, 2.05) is 4.90 Å². The molecule has 3 aliphatic heterocycles. The van der Waals surface area contributed by atoms with E-state index in [0.29, 0.717) is 32.5 Å². The number of rotatable bonds is 17. The number of hydrogen-bond acceptors (Lipinski definition) is 6. The van der Waals surface area contributed by atoms with Crippen LogP contribution in [0.1, 0.15) is 71.6 Å². The first-order valence-electron chi connectivity index (χ1n) is 14.2. The fraction of sp³-hybridized carbons (Fsp3) is 0.759. The second-order valence-electron chi connectivity index (χ2n) is 10.8. The lowest BCUT2D eigenvalue weighted by atomic mass is 9.71. The Balaban J connectivity index is 1.94. The monoisotopic (exact) mass is 612 g/mol. The Morgan fingerprint density at radius 1 is 1.26 bits per heavy atom. The molecule has 3 heterocycles. The second kappa shape index (κ2) is 14.4. The van der Waals surface area contributed by atoms with Gasteiger partial charge in [-0.3, -0.25) is 14.4 Å². The zero-order valence-electron chi connectivity index (χ0n) is 23.0. The van der Waals surface area contributed by atoms with Crippen LogP contribution in [-0.4, -0.2) is 85.9 Å². The smallest absolute Gasteiger partial charge is 0.310 e. The van der Waals surface area contributed by atoms with E-state index in [1.165, 1.54) is 0 Å². The van der Waals surface area contributed by atoms with Gasteiger partial charge in [0.1, 0.15) is 6.04 Å². The van der Waals surface area contributed by atoms with E-state index >= 15 is 0 Å². The summed E-state index contributed by atoms with van der Waals surface area (Å²) in [5, 5.41) is 9.04. The minimum atomic E-state index is -0.658. The fourth-order valence-corrected chi connectivity index (χ4v) is 10.1. The lowest BCUT2D eigenvalue weighted by Gasteiger charge is -2.39. The van der Waals surface area contributed by atoms with Crippen LogP contribution in [-0.2, 0) is 19.1 Å². The van der Waals surface area contributed by atoms with Gasteiger partial charge in [0.05, 0.1) is 23.2 Å². The maximum absolute atomic E-state index is 14.4. The van der Waals surface area contributed by atoms with E-state index in [0.717, 1.165) is 44.9 Å². The molecule has 1 N–H and O–H groups in total. The largest absolute Gasteiger partial charge is 0.465 e. The van der Waals surface area contributed by atoms with Crippen molar-refractivity contribution in [2.45, 2.75) is 98.5 Å². The van der Waals surface area contributed by atoms with Gasteiger partial charge >= 0.3 is 5.97 Å². The molecule has 2 amide bonds. The minimum absolute atomic E-state index is 0.0245. The molecule has 38 heavy (non-hydrogen) atoms. The van der Waals surface area contributed by atoms with E-state index in [2.05, 4.69) is 42.9 Å². The predicted octanol–water partition coefficient (Wildman–Crippen LogP) is 4.72. The summed E-state index contributed by atoms with van der Waals surface area (Å²) in [6.45, 7) is 13.1. The number of hydrogen-bond donors (Lipinski definition) is 1. The van der Waals surface area contributed by atoms with Crippen molar-refractivity contribution >= 4 is 45.5 Å². The highest BCUT2D eigenvalue weighted by Gasteiger charge is 2.76. The Bertz CT molecular complexity index is 872. The van der Waals surface area contributed by atoms with Crippen LogP contribution in [0.25, 0.3) is 0 Å². The second-order valence-corrected chi connectivity index (χ2v) is 13.6. The van der Waals surface area contributed by atoms with Crippen LogP contribution >= 0.6 is 27.7 Å². The van der Waals surface area contributed by atoms with E-state index in [9.17, 15) is 14.4 Å². The number of fused-ring (bicyclic) bond motifs is 1. The minimum Gasteiger partial charge on any atom is -0.465 e. The Labute approximate surface area is 240 Å². The summed E-state index contributed by atoms with van der Waals surface area (Å²) in [6.07, 6.45) is 10.7. The summed E-state index contributed by atoms with van der Waals surface area (Å²) in [5.74, 6) is -1.57. The van der Waals surface area contributed by atoms with E-state index in [4.69, 9.17) is 9.84 Å². The molecular weight excluding hydrogens is 568 g/mol. The van der Waals surface area contributed by atoms with E-state index < -0.39 is 22.6 Å². The third-order valence-electron chi connectivity index (χ3n) is 8.25. The number of likely N-dealkylation sites (tertiary alicyclic amines) is 1. The molecule has 7 atom stereocenters. The van der Waals surface area contributed by atoms with Gasteiger partial charge in [-0.1, -0.05) is 54.3 Å². The van der Waals surface area contributed by atoms with Gasteiger partial charge < -0.3 is 19.6 Å². The maximum atomic E-state index is 14.4. The van der Waals surface area contributed by atoms with Crippen molar-refractivity contribution in [3.05, 3.63) is 25.3 Å². The number of amides is 2. The van der Waals surface area contributed by atoms with Gasteiger partial charge in [0.25, 0.3) is 0 Å². The summed E-state index contributed by atoms with van der Waals surface area (Å²) in [7, 11) is 0. The third kappa shape index (κ3) is 6.20. The van der Waals surface area contributed by atoms with Gasteiger partial charge in [-0.05, 0) is 45.4 Å². The average Bonchev–Trinajstić information content (AvgIpc) is 3.48. The third-order valence-corrected chi connectivity index (χ3v) is 11.5. The van der Waals surface area contributed by atoms with Crippen LogP contribution in [0.4, 0.5) is 0 Å². The highest BCUT2D eigenvalue weighted by atomic mass is 79.9. The molecule has 3 rings (SSSR count). The van der Waals surface area contributed by atoms with Crippen molar-refractivity contribution < 1.29 is 24.2 Å². The van der Waals surface area contributed by atoms with Gasteiger partial charge in [0, 0.05) is 35.8 Å². The zero-order valence-corrected chi connectivity index (χ0v) is 25.4. The van der Waals surface area contributed by atoms with Crippen LogP contribution in [0.2, 0.25) is 0 Å². The highest BCUT2D eigenvalue weighted by Crippen LogP contribution is 2.68. The molecule has 9 heteroatoms. The standard InChI is InChI=1S/C29H45BrN2O5S/c1-5-8-13-18-37-28(36)22-23-26(34)32(16-11-9-10-12-17-33)25(29(23)19-21(30)24(22)38-29)27(35)31(15-7-3)20(4)14-6-2/h5,7,20-25,33H,1,3,6,8-19H2,2,4H3/t20?,21?,22-,23-,24-,25?,29?/m0/s1. The number of aliphatic hydroxyl groups excluding tert-OH is 1. The number of alkyl halides is 1. The summed E-state index contributed by atoms with van der Waals surface area (Å²) in [5.41, 5.74) is 0. The molecule has 0 aliphatic carbocycles. The first kappa shape index (κ1) is 31.2. The molecule has 0 aromatic heterocycles. The molecule has 0 aromatic carbocycles. The van der Waals surface area contributed by atoms with Crippen LogP contribution in [0, 0.1) is 11.8 Å². The van der Waals surface area contributed by atoms with Crippen LogP contribution in [0.5, 0.6) is 0 Å². The lowest BCUT2D eigenvalue weighted by molar-refractivity contribution is -0.154. The Morgan fingerprint density at radius 2 is 2.00 bits per heavy atom. The normalized spacial score (nSPS) is 30.3. The number of nitrogens with zero attached hydrogens (tertiary/aromatic N) is 2. The number of unbranched alkanes of at least 4 members (excludes halogenated alkanes) is 4. The molecule has 0 radical (unpaired) electrons. The molecule has 3 saturated heterocycles. The topological polar surface area (TPSA) is 87.1 Å². The van der Waals surface area contributed by atoms with Gasteiger partial charge in [-0.2, -0.15) is 0 Å². The Hall–Kier alpha value is -1.32. The molecule has 3 fully saturated rings. The summed E-state index contributed by atoms with van der Waals surface area (Å²) >= 11 is 5.47. The van der Waals surface area contributed by atoms with Crippen molar-refractivity contribution in [3.63, 3.8) is 0 Å². The van der Waals surface area contributed by atoms with Crippen molar-refractivity contribution in [3.8, 4) is 0 Å². The SMILES string of the molecule is C=CCCCOC(=O)[C@H]1[C@H]2C(=O)N(CCCCCCO)C(C(=O)N(CC=C)C(C)CCC)C23CC(Br)[C@@H]1S3. The zero-order chi connectivity index (χ0) is 27.9. The van der Waals surface area contributed by atoms with Crippen molar-refractivity contribution in [2.24, 2.45) is 11.8 Å². The summed E-state index contributed by atoms with van der Waals surface area (Å²) in [6, 6.07) is -0.595. The van der Waals surface area contributed by atoms with E-state index in [-0.39, 0.29) is 40.5 Å². The molecular formula is C29H45BrN2O5S. The first-order valence-corrected chi connectivity index (χ1v) is 16.0. The molecule has 2 bridgehead atoms. The Kier molecular flexibility index (Phi) is 11.8. The molecule has 214 valence electrons. The van der Waals surface area contributed by atoms with Crippen LogP contribution in [0.15, 0.2) is 25.3 Å². The number of carbonyl (C=O) groups excluding carboxylic acids is 3.